The van der Waals surface area contributed by atoms with Crippen LogP contribution in [0.2, 0.25) is 5.02 Å². The van der Waals surface area contributed by atoms with E-state index in [0.717, 1.165) is 22.0 Å². The molecule has 2 aromatic carbocycles. The molecule has 4 aromatic rings. The van der Waals surface area contributed by atoms with Crippen LogP contribution in [0.4, 0.5) is 0 Å². The molecule has 2 heterocycles. The highest BCUT2D eigenvalue weighted by Crippen LogP contribution is 2.34. The Balaban J connectivity index is 1.38. The van der Waals surface area contributed by atoms with Gasteiger partial charge in [-0.05, 0) is 54.7 Å². The maximum atomic E-state index is 10.9. The third-order valence-corrected chi connectivity index (χ3v) is 6.62. The molecular formula is C25H24ClN3O3. The molecule has 6 nitrogen and oxygen atoms in total. The Hall–Kier alpha value is -3.12. The summed E-state index contributed by atoms with van der Waals surface area (Å²) in [6, 6.07) is 14.2. The number of carbonyl (C=O) groups is 1. The zero-order valence-electron chi connectivity index (χ0n) is 17.6. The van der Waals surface area contributed by atoms with Gasteiger partial charge in [-0.15, -0.1) is 0 Å². The second-order valence-electron chi connectivity index (χ2n) is 8.43. The van der Waals surface area contributed by atoms with Crippen LogP contribution in [0.3, 0.4) is 0 Å². The van der Waals surface area contributed by atoms with Crippen molar-refractivity contribution in [2.45, 2.75) is 51.0 Å². The van der Waals surface area contributed by atoms with Gasteiger partial charge in [0.05, 0.1) is 11.4 Å². The van der Waals surface area contributed by atoms with E-state index < -0.39 is 5.97 Å². The summed E-state index contributed by atoms with van der Waals surface area (Å²) < 4.78 is 7.39. The third kappa shape index (κ3) is 4.15. The Labute approximate surface area is 190 Å². The normalized spacial score (nSPS) is 14.8. The van der Waals surface area contributed by atoms with E-state index in [1.807, 2.05) is 22.8 Å². The number of fused-ring (bicyclic) bond motifs is 1. The van der Waals surface area contributed by atoms with Crippen molar-refractivity contribution in [1.82, 2.24) is 14.7 Å². The lowest BCUT2D eigenvalue weighted by atomic mass is 9.84. The zero-order chi connectivity index (χ0) is 22.1. The number of benzene rings is 2. The molecule has 0 radical (unpaired) electrons. The van der Waals surface area contributed by atoms with Crippen LogP contribution in [0, 0.1) is 0 Å². The summed E-state index contributed by atoms with van der Waals surface area (Å²) in [6.07, 6.45) is 8.32. The SMILES string of the molecule is O=C(O)CCn1cc(Cl)c2cc(-c3noc(-c4ccc(C5CCCCC5)cc4)n3)ccc21. The lowest BCUT2D eigenvalue weighted by Gasteiger charge is -2.21. The Morgan fingerprint density at radius 3 is 2.59 bits per heavy atom. The third-order valence-electron chi connectivity index (χ3n) is 6.32. The first kappa shape index (κ1) is 20.8. The second kappa shape index (κ2) is 8.79. The number of hydrogen-bond donors (Lipinski definition) is 1. The Morgan fingerprint density at radius 2 is 1.84 bits per heavy atom. The van der Waals surface area contributed by atoms with E-state index in [2.05, 4.69) is 34.4 Å². The fourth-order valence-electron chi connectivity index (χ4n) is 4.59. The molecule has 0 aliphatic heterocycles. The van der Waals surface area contributed by atoms with E-state index in [-0.39, 0.29) is 6.42 Å². The van der Waals surface area contributed by atoms with Gasteiger partial charge in [0, 0.05) is 34.8 Å². The van der Waals surface area contributed by atoms with Crippen LogP contribution >= 0.6 is 11.6 Å². The number of aliphatic carboxylic acids is 1. The van der Waals surface area contributed by atoms with Crippen LogP contribution < -0.4 is 0 Å². The number of carboxylic acids is 1. The predicted octanol–water partition coefficient (Wildman–Crippen LogP) is 6.53. The molecule has 0 spiro atoms. The van der Waals surface area contributed by atoms with Gasteiger partial charge < -0.3 is 14.2 Å². The standard InChI is InChI=1S/C25H24ClN3O3/c26-21-15-29(13-12-23(30)31)22-11-10-19(14-20(21)22)24-27-25(32-28-24)18-8-6-17(7-9-18)16-4-2-1-3-5-16/h6-11,14-16H,1-5,12-13H2,(H,30,31). The fourth-order valence-corrected chi connectivity index (χ4v) is 4.85. The Morgan fingerprint density at radius 1 is 1.09 bits per heavy atom. The fraction of sp³-hybridized carbons (Fsp3) is 0.320. The van der Waals surface area contributed by atoms with Crippen LogP contribution in [0.15, 0.2) is 53.2 Å². The lowest BCUT2D eigenvalue weighted by molar-refractivity contribution is -0.137. The van der Waals surface area contributed by atoms with E-state index in [4.69, 9.17) is 21.2 Å². The van der Waals surface area contributed by atoms with Gasteiger partial charge in [0.25, 0.3) is 5.89 Å². The summed E-state index contributed by atoms with van der Waals surface area (Å²) in [5.41, 5.74) is 3.97. The minimum Gasteiger partial charge on any atom is -0.481 e. The molecule has 0 amide bonds. The molecule has 1 fully saturated rings. The summed E-state index contributed by atoms with van der Waals surface area (Å²) in [5.74, 6) is 0.800. The summed E-state index contributed by atoms with van der Waals surface area (Å²) in [7, 11) is 0. The molecule has 2 aromatic heterocycles. The predicted molar refractivity (Wildman–Crippen MR) is 124 cm³/mol. The summed E-state index contributed by atoms with van der Waals surface area (Å²) in [6.45, 7) is 0.362. The molecule has 0 atom stereocenters. The number of halogens is 1. The number of aromatic nitrogens is 3. The maximum absolute atomic E-state index is 10.9. The quantitative estimate of drug-likeness (QED) is 0.361. The van der Waals surface area contributed by atoms with Crippen LogP contribution in [-0.4, -0.2) is 25.8 Å². The number of carboxylic acid groups (broad SMARTS) is 1. The average Bonchev–Trinajstić information content (AvgIpc) is 3.43. The highest BCUT2D eigenvalue weighted by atomic mass is 35.5. The van der Waals surface area contributed by atoms with Crippen molar-refractivity contribution >= 4 is 28.5 Å². The van der Waals surface area contributed by atoms with Crippen molar-refractivity contribution in [3.63, 3.8) is 0 Å². The van der Waals surface area contributed by atoms with Crippen molar-refractivity contribution < 1.29 is 14.4 Å². The van der Waals surface area contributed by atoms with Crippen molar-refractivity contribution in [2.24, 2.45) is 0 Å². The maximum Gasteiger partial charge on any atom is 0.305 e. The van der Waals surface area contributed by atoms with Gasteiger partial charge in [-0.3, -0.25) is 4.79 Å². The number of rotatable bonds is 6. The topological polar surface area (TPSA) is 81.1 Å². The van der Waals surface area contributed by atoms with E-state index in [0.29, 0.717) is 29.2 Å². The first-order valence-electron chi connectivity index (χ1n) is 11.0. The van der Waals surface area contributed by atoms with E-state index >= 15 is 0 Å². The smallest absolute Gasteiger partial charge is 0.305 e. The highest BCUT2D eigenvalue weighted by Gasteiger charge is 2.17. The van der Waals surface area contributed by atoms with Crippen molar-refractivity contribution in [2.75, 3.05) is 0 Å². The van der Waals surface area contributed by atoms with Crippen LogP contribution in [0.5, 0.6) is 0 Å². The summed E-state index contributed by atoms with van der Waals surface area (Å²) in [5, 5.41) is 14.5. The molecule has 1 aliphatic rings. The second-order valence-corrected chi connectivity index (χ2v) is 8.83. The first-order chi connectivity index (χ1) is 15.6. The number of hydrogen-bond acceptors (Lipinski definition) is 4. The minimum absolute atomic E-state index is 0.0373. The summed E-state index contributed by atoms with van der Waals surface area (Å²) >= 11 is 6.40. The van der Waals surface area contributed by atoms with Crippen molar-refractivity contribution in [1.29, 1.82) is 0 Å². The van der Waals surface area contributed by atoms with Crippen molar-refractivity contribution in [3.05, 3.63) is 59.2 Å². The molecule has 1 saturated carbocycles. The molecule has 164 valence electrons. The number of nitrogens with zero attached hydrogens (tertiary/aromatic N) is 3. The lowest BCUT2D eigenvalue weighted by Crippen LogP contribution is -2.04. The van der Waals surface area contributed by atoms with E-state index in [1.54, 1.807) is 6.20 Å². The van der Waals surface area contributed by atoms with Crippen LogP contribution in [0.25, 0.3) is 33.7 Å². The Bertz CT molecular complexity index is 1250. The molecule has 1 N–H and O–H groups in total. The van der Waals surface area contributed by atoms with Gasteiger partial charge in [-0.25, -0.2) is 0 Å². The molecule has 1 aliphatic carbocycles. The minimum atomic E-state index is -0.842. The van der Waals surface area contributed by atoms with Crippen LogP contribution in [-0.2, 0) is 11.3 Å². The molecule has 0 bridgehead atoms. The van der Waals surface area contributed by atoms with Gasteiger partial charge in [0.15, 0.2) is 0 Å². The van der Waals surface area contributed by atoms with Gasteiger partial charge in [-0.1, -0.05) is 48.2 Å². The molecule has 0 unspecified atom stereocenters. The zero-order valence-corrected chi connectivity index (χ0v) is 18.4. The number of aryl methyl sites for hydroxylation is 1. The Kier molecular flexibility index (Phi) is 5.70. The molecule has 32 heavy (non-hydrogen) atoms. The van der Waals surface area contributed by atoms with Crippen molar-refractivity contribution in [3.8, 4) is 22.8 Å². The largest absolute Gasteiger partial charge is 0.481 e. The van der Waals surface area contributed by atoms with Gasteiger partial charge in [0.2, 0.25) is 5.82 Å². The molecular weight excluding hydrogens is 426 g/mol. The summed E-state index contributed by atoms with van der Waals surface area (Å²) in [4.78, 5) is 15.5. The van der Waals surface area contributed by atoms with Gasteiger partial charge >= 0.3 is 5.97 Å². The van der Waals surface area contributed by atoms with E-state index in [9.17, 15) is 4.79 Å². The van der Waals surface area contributed by atoms with Gasteiger partial charge in [0.1, 0.15) is 0 Å². The van der Waals surface area contributed by atoms with E-state index in [1.165, 1.54) is 37.7 Å². The average molecular weight is 450 g/mol. The van der Waals surface area contributed by atoms with Crippen LogP contribution in [0.1, 0.15) is 50.0 Å². The molecule has 5 rings (SSSR count). The first-order valence-corrected chi connectivity index (χ1v) is 11.4. The molecule has 7 heteroatoms. The molecule has 0 saturated heterocycles. The van der Waals surface area contributed by atoms with Gasteiger partial charge in [-0.2, -0.15) is 4.98 Å². The highest BCUT2D eigenvalue weighted by molar-refractivity contribution is 6.35. The monoisotopic (exact) mass is 449 g/mol.